The number of carboxylic acid groups (broad SMARTS) is 1. The molecule has 6 nitrogen and oxygen atoms in total. The van der Waals surface area contributed by atoms with E-state index in [1.807, 2.05) is 0 Å². The molecule has 0 aromatic carbocycles. The Hall–Kier alpha value is -1.43. The van der Waals surface area contributed by atoms with E-state index in [1.165, 1.54) is 6.42 Å². The third-order valence-corrected chi connectivity index (χ3v) is 3.15. The Morgan fingerprint density at radius 3 is 3.12 bits per heavy atom. The normalized spacial score (nSPS) is 20.9. The number of likely N-dealkylation sites (N-methyl/N-ethyl adjacent to an activating group) is 1. The van der Waals surface area contributed by atoms with Crippen molar-refractivity contribution in [2.24, 2.45) is 0 Å². The summed E-state index contributed by atoms with van der Waals surface area (Å²) >= 11 is 0. The van der Waals surface area contributed by atoms with Crippen LogP contribution in [0.15, 0.2) is 4.52 Å². The van der Waals surface area contributed by atoms with Crippen LogP contribution in [0.1, 0.15) is 31.0 Å². The van der Waals surface area contributed by atoms with Crippen molar-refractivity contribution < 1.29 is 14.4 Å². The monoisotopic (exact) mass is 239 g/mol. The molecule has 0 saturated carbocycles. The second kappa shape index (κ2) is 5.27. The maximum absolute atomic E-state index is 10.4. The van der Waals surface area contributed by atoms with E-state index in [1.54, 1.807) is 0 Å². The number of aliphatic carboxylic acids is 1. The lowest BCUT2D eigenvalue weighted by Crippen LogP contribution is -2.27. The lowest BCUT2D eigenvalue weighted by Gasteiger charge is -2.16. The molecule has 0 radical (unpaired) electrons. The van der Waals surface area contributed by atoms with E-state index in [4.69, 9.17) is 9.63 Å². The molecular weight excluding hydrogens is 222 g/mol. The second-order valence-corrected chi connectivity index (χ2v) is 4.48. The molecule has 2 heterocycles. The van der Waals surface area contributed by atoms with Crippen molar-refractivity contribution in [3.63, 3.8) is 0 Å². The van der Waals surface area contributed by atoms with E-state index in [2.05, 4.69) is 22.1 Å². The van der Waals surface area contributed by atoms with Crippen molar-refractivity contribution in [1.82, 2.24) is 15.0 Å². The van der Waals surface area contributed by atoms with Gasteiger partial charge in [0, 0.05) is 18.9 Å². The zero-order valence-corrected chi connectivity index (χ0v) is 9.93. The Kier molecular flexibility index (Phi) is 3.73. The molecule has 1 aliphatic heterocycles. The van der Waals surface area contributed by atoms with E-state index < -0.39 is 5.97 Å². The molecule has 0 bridgehead atoms. The lowest BCUT2D eigenvalue weighted by atomic mass is 10.1. The average molecular weight is 239 g/mol. The van der Waals surface area contributed by atoms with Crippen LogP contribution in [0, 0.1) is 0 Å². The Balaban J connectivity index is 1.87. The molecular formula is C11H17N3O3. The van der Waals surface area contributed by atoms with Crippen molar-refractivity contribution in [1.29, 1.82) is 0 Å². The first-order valence-corrected chi connectivity index (χ1v) is 5.88. The first kappa shape index (κ1) is 12.0. The number of hydrogen-bond donors (Lipinski definition) is 1. The summed E-state index contributed by atoms with van der Waals surface area (Å²) in [7, 11) is 2.10. The van der Waals surface area contributed by atoms with Crippen LogP contribution < -0.4 is 0 Å². The Bertz CT molecular complexity index is 391. The van der Waals surface area contributed by atoms with Crippen molar-refractivity contribution in [2.45, 2.75) is 38.1 Å². The fourth-order valence-corrected chi connectivity index (χ4v) is 2.14. The summed E-state index contributed by atoms with van der Waals surface area (Å²) < 4.78 is 5.02. The van der Waals surface area contributed by atoms with Gasteiger partial charge in [0.2, 0.25) is 5.89 Å². The van der Waals surface area contributed by atoms with Gasteiger partial charge >= 0.3 is 5.97 Å². The minimum Gasteiger partial charge on any atom is -0.481 e. The number of rotatable bonds is 5. The molecule has 1 N–H and O–H groups in total. The smallest absolute Gasteiger partial charge is 0.303 e. The predicted molar refractivity (Wildman–Crippen MR) is 59.6 cm³/mol. The molecule has 1 aromatic rings. The first-order valence-electron chi connectivity index (χ1n) is 5.88. The summed E-state index contributed by atoms with van der Waals surface area (Å²) in [6, 6.07) is 0.486. The van der Waals surface area contributed by atoms with Crippen molar-refractivity contribution in [2.75, 3.05) is 13.6 Å². The van der Waals surface area contributed by atoms with Crippen LogP contribution >= 0.6 is 0 Å². The number of likely N-dealkylation sites (tertiary alicyclic amines) is 1. The van der Waals surface area contributed by atoms with Gasteiger partial charge in [0.05, 0.1) is 6.42 Å². The third kappa shape index (κ3) is 3.26. The Morgan fingerprint density at radius 2 is 2.47 bits per heavy atom. The van der Waals surface area contributed by atoms with Crippen LogP contribution in [0.5, 0.6) is 0 Å². The number of aromatic nitrogens is 2. The molecule has 1 unspecified atom stereocenters. The molecule has 0 spiro atoms. The molecule has 1 saturated heterocycles. The van der Waals surface area contributed by atoms with Gasteiger partial charge in [-0.3, -0.25) is 4.79 Å². The van der Waals surface area contributed by atoms with Gasteiger partial charge in [-0.15, -0.1) is 0 Å². The zero-order chi connectivity index (χ0) is 12.3. The summed E-state index contributed by atoms with van der Waals surface area (Å²) in [5.41, 5.74) is 0. The minimum atomic E-state index is -0.847. The number of hydrogen-bond acceptors (Lipinski definition) is 5. The topological polar surface area (TPSA) is 79.5 Å². The molecule has 2 rings (SSSR count). The quantitative estimate of drug-likeness (QED) is 0.815. The number of nitrogens with zero attached hydrogens (tertiary/aromatic N) is 3. The highest BCUT2D eigenvalue weighted by molar-refractivity contribution is 5.66. The van der Waals surface area contributed by atoms with E-state index in [0.29, 0.717) is 24.2 Å². The van der Waals surface area contributed by atoms with Gasteiger partial charge in [-0.05, 0) is 26.4 Å². The van der Waals surface area contributed by atoms with Crippen LogP contribution in [-0.4, -0.2) is 45.8 Å². The van der Waals surface area contributed by atoms with E-state index >= 15 is 0 Å². The molecule has 0 amide bonds. The first-order chi connectivity index (χ1) is 8.15. The van der Waals surface area contributed by atoms with Gasteiger partial charge in [-0.25, -0.2) is 0 Å². The lowest BCUT2D eigenvalue weighted by molar-refractivity contribution is -0.137. The standard InChI is InChI=1S/C11H17N3O3/c1-14-6-2-3-8(14)7-9-12-10(17-13-9)4-5-11(15)16/h8H,2-7H2,1H3,(H,15,16). The molecule has 1 atom stereocenters. The number of carboxylic acids is 1. The Morgan fingerprint density at radius 1 is 1.65 bits per heavy atom. The van der Waals surface area contributed by atoms with Gasteiger partial charge in [-0.2, -0.15) is 4.98 Å². The van der Waals surface area contributed by atoms with Crippen LogP contribution in [0.3, 0.4) is 0 Å². The molecule has 1 aliphatic rings. The van der Waals surface area contributed by atoms with Crippen LogP contribution in [-0.2, 0) is 17.6 Å². The van der Waals surface area contributed by atoms with Crippen LogP contribution in [0.25, 0.3) is 0 Å². The second-order valence-electron chi connectivity index (χ2n) is 4.48. The summed E-state index contributed by atoms with van der Waals surface area (Å²) in [6.45, 7) is 1.12. The summed E-state index contributed by atoms with van der Waals surface area (Å²) in [4.78, 5) is 16.9. The largest absolute Gasteiger partial charge is 0.481 e. The predicted octanol–water partition coefficient (Wildman–Crippen LogP) is 0.724. The summed E-state index contributed by atoms with van der Waals surface area (Å²) in [5.74, 6) is 0.257. The maximum atomic E-state index is 10.4. The maximum Gasteiger partial charge on any atom is 0.303 e. The van der Waals surface area contributed by atoms with E-state index in [-0.39, 0.29) is 6.42 Å². The molecule has 1 aromatic heterocycles. The Labute approximate surface area is 99.6 Å². The third-order valence-electron chi connectivity index (χ3n) is 3.15. The van der Waals surface area contributed by atoms with E-state index in [9.17, 15) is 4.79 Å². The van der Waals surface area contributed by atoms with Gasteiger partial charge in [0.1, 0.15) is 0 Å². The molecule has 94 valence electrons. The van der Waals surface area contributed by atoms with Gasteiger partial charge in [0.25, 0.3) is 0 Å². The molecule has 0 aliphatic carbocycles. The SMILES string of the molecule is CN1CCCC1Cc1noc(CCC(=O)O)n1. The highest BCUT2D eigenvalue weighted by atomic mass is 16.5. The summed E-state index contributed by atoms with van der Waals surface area (Å²) in [6.07, 6.45) is 3.50. The highest BCUT2D eigenvalue weighted by Gasteiger charge is 2.23. The van der Waals surface area contributed by atoms with Gasteiger partial charge in [-0.1, -0.05) is 5.16 Å². The average Bonchev–Trinajstić information content (AvgIpc) is 2.87. The summed E-state index contributed by atoms with van der Waals surface area (Å²) in [5, 5.41) is 12.4. The highest BCUT2D eigenvalue weighted by Crippen LogP contribution is 2.18. The number of carbonyl (C=O) groups is 1. The molecule has 17 heavy (non-hydrogen) atoms. The number of aryl methyl sites for hydroxylation is 1. The van der Waals surface area contributed by atoms with Crippen LogP contribution in [0.2, 0.25) is 0 Å². The fraction of sp³-hybridized carbons (Fsp3) is 0.727. The fourth-order valence-electron chi connectivity index (χ4n) is 2.14. The molecule has 6 heteroatoms. The van der Waals surface area contributed by atoms with Gasteiger partial charge in [0.15, 0.2) is 5.82 Å². The minimum absolute atomic E-state index is 0.0327. The van der Waals surface area contributed by atoms with Gasteiger partial charge < -0.3 is 14.5 Å². The molecule has 1 fully saturated rings. The van der Waals surface area contributed by atoms with Crippen LogP contribution in [0.4, 0.5) is 0 Å². The van der Waals surface area contributed by atoms with Crippen molar-refractivity contribution in [3.8, 4) is 0 Å². The van der Waals surface area contributed by atoms with Crippen molar-refractivity contribution in [3.05, 3.63) is 11.7 Å². The van der Waals surface area contributed by atoms with E-state index in [0.717, 1.165) is 19.4 Å². The zero-order valence-electron chi connectivity index (χ0n) is 9.93. The van der Waals surface area contributed by atoms with Crippen molar-refractivity contribution >= 4 is 5.97 Å².